The van der Waals surface area contributed by atoms with Gasteiger partial charge >= 0.3 is 0 Å². The molecule has 0 aromatic heterocycles. The lowest BCUT2D eigenvalue weighted by molar-refractivity contribution is -0.117. The number of anilines is 1. The minimum Gasteiger partial charge on any atom is -0.324 e. The Bertz CT molecular complexity index is 389. The molecule has 1 heterocycles. The zero-order chi connectivity index (χ0) is 12.1. The highest BCUT2D eigenvalue weighted by Gasteiger charge is 2.14. The van der Waals surface area contributed by atoms with Gasteiger partial charge in [0.2, 0.25) is 5.91 Å². The molecule has 1 aliphatic heterocycles. The molecule has 1 aliphatic rings. The fraction of sp³-hybridized carbons (Fsp3) is 0.462. The number of para-hydroxylation sites is 1. The molecule has 1 aromatic carbocycles. The van der Waals surface area contributed by atoms with Crippen molar-refractivity contribution >= 4 is 27.5 Å². The maximum absolute atomic E-state index is 11.9. The van der Waals surface area contributed by atoms with Crippen molar-refractivity contribution in [3.05, 3.63) is 28.7 Å². The molecular weight excluding hydrogens is 280 g/mol. The quantitative estimate of drug-likeness (QED) is 0.930. The Hall–Kier alpha value is -0.870. The SMILES string of the molecule is O=C(CN1CCCCC1)Nc1ccccc1Br. The van der Waals surface area contributed by atoms with Gasteiger partial charge in [-0.1, -0.05) is 18.6 Å². The van der Waals surface area contributed by atoms with Gasteiger partial charge in [0.25, 0.3) is 0 Å². The summed E-state index contributed by atoms with van der Waals surface area (Å²) in [5.74, 6) is 0.0683. The van der Waals surface area contributed by atoms with Crippen molar-refractivity contribution in [2.45, 2.75) is 19.3 Å². The molecule has 92 valence electrons. The first-order valence-electron chi connectivity index (χ1n) is 6.02. The van der Waals surface area contributed by atoms with Crippen LogP contribution in [0.3, 0.4) is 0 Å². The van der Waals surface area contributed by atoms with Crippen LogP contribution in [0.4, 0.5) is 5.69 Å². The Morgan fingerprint density at radius 3 is 2.65 bits per heavy atom. The van der Waals surface area contributed by atoms with Crippen molar-refractivity contribution in [3.63, 3.8) is 0 Å². The highest BCUT2D eigenvalue weighted by Crippen LogP contribution is 2.21. The lowest BCUT2D eigenvalue weighted by atomic mass is 10.1. The van der Waals surface area contributed by atoms with Crippen LogP contribution >= 0.6 is 15.9 Å². The van der Waals surface area contributed by atoms with Gasteiger partial charge in [-0.3, -0.25) is 9.69 Å². The maximum atomic E-state index is 11.9. The van der Waals surface area contributed by atoms with E-state index < -0.39 is 0 Å². The molecule has 1 aromatic rings. The Morgan fingerprint density at radius 2 is 1.94 bits per heavy atom. The number of carbonyl (C=O) groups is 1. The van der Waals surface area contributed by atoms with Gasteiger partial charge in [0.05, 0.1) is 12.2 Å². The third-order valence-electron chi connectivity index (χ3n) is 2.96. The first-order chi connectivity index (χ1) is 8.25. The second-order valence-corrected chi connectivity index (χ2v) is 5.22. The van der Waals surface area contributed by atoms with E-state index in [2.05, 4.69) is 26.1 Å². The summed E-state index contributed by atoms with van der Waals surface area (Å²) in [5, 5.41) is 2.93. The summed E-state index contributed by atoms with van der Waals surface area (Å²) in [6.07, 6.45) is 3.72. The molecule has 0 spiro atoms. The largest absolute Gasteiger partial charge is 0.324 e. The van der Waals surface area contributed by atoms with Gasteiger partial charge in [-0.25, -0.2) is 0 Å². The molecule has 0 saturated carbocycles. The van der Waals surface area contributed by atoms with Crippen molar-refractivity contribution in [2.75, 3.05) is 25.0 Å². The first-order valence-corrected chi connectivity index (χ1v) is 6.82. The number of rotatable bonds is 3. The van der Waals surface area contributed by atoms with Crippen molar-refractivity contribution in [1.29, 1.82) is 0 Å². The smallest absolute Gasteiger partial charge is 0.238 e. The fourth-order valence-electron chi connectivity index (χ4n) is 2.07. The third-order valence-corrected chi connectivity index (χ3v) is 3.66. The fourth-order valence-corrected chi connectivity index (χ4v) is 2.46. The Morgan fingerprint density at radius 1 is 1.24 bits per heavy atom. The molecule has 3 nitrogen and oxygen atoms in total. The van der Waals surface area contributed by atoms with Crippen LogP contribution in [-0.2, 0) is 4.79 Å². The normalized spacial score (nSPS) is 16.8. The summed E-state index contributed by atoms with van der Waals surface area (Å²) in [4.78, 5) is 14.1. The predicted molar refractivity (Wildman–Crippen MR) is 73.1 cm³/mol. The number of carbonyl (C=O) groups excluding carboxylic acids is 1. The molecule has 1 N–H and O–H groups in total. The van der Waals surface area contributed by atoms with E-state index in [-0.39, 0.29) is 5.91 Å². The van der Waals surface area contributed by atoms with E-state index >= 15 is 0 Å². The van der Waals surface area contributed by atoms with E-state index in [1.54, 1.807) is 0 Å². The van der Waals surface area contributed by atoms with Crippen LogP contribution in [0, 0.1) is 0 Å². The molecule has 1 saturated heterocycles. The van der Waals surface area contributed by atoms with Crippen LogP contribution in [0.1, 0.15) is 19.3 Å². The van der Waals surface area contributed by atoms with Gasteiger partial charge in [0.15, 0.2) is 0 Å². The number of likely N-dealkylation sites (tertiary alicyclic amines) is 1. The van der Waals surface area contributed by atoms with E-state index in [0.29, 0.717) is 6.54 Å². The summed E-state index contributed by atoms with van der Waals surface area (Å²) in [6, 6.07) is 7.68. The van der Waals surface area contributed by atoms with E-state index in [4.69, 9.17) is 0 Å². The number of piperidine rings is 1. The lowest BCUT2D eigenvalue weighted by Crippen LogP contribution is -2.36. The molecule has 0 unspecified atom stereocenters. The summed E-state index contributed by atoms with van der Waals surface area (Å²) < 4.78 is 0.923. The monoisotopic (exact) mass is 296 g/mol. The standard InChI is InChI=1S/C13H17BrN2O/c14-11-6-2-3-7-12(11)15-13(17)10-16-8-4-1-5-9-16/h2-3,6-7H,1,4-5,8-10H2,(H,15,17). The van der Waals surface area contributed by atoms with E-state index in [1.807, 2.05) is 24.3 Å². The molecule has 4 heteroatoms. The Balaban J connectivity index is 1.86. The van der Waals surface area contributed by atoms with Crippen molar-refractivity contribution in [3.8, 4) is 0 Å². The topological polar surface area (TPSA) is 32.3 Å². The van der Waals surface area contributed by atoms with E-state index in [1.165, 1.54) is 19.3 Å². The van der Waals surface area contributed by atoms with Crippen molar-refractivity contribution in [2.24, 2.45) is 0 Å². The number of hydrogen-bond donors (Lipinski definition) is 1. The van der Waals surface area contributed by atoms with Gasteiger partial charge in [0, 0.05) is 4.47 Å². The highest BCUT2D eigenvalue weighted by atomic mass is 79.9. The van der Waals surface area contributed by atoms with Crippen LogP contribution in [0.15, 0.2) is 28.7 Å². The third kappa shape index (κ3) is 3.82. The summed E-state index contributed by atoms with van der Waals surface area (Å²) in [5.41, 5.74) is 0.842. The molecule has 0 radical (unpaired) electrons. The molecule has 17 heavy (non-hydrogen) atoms. The number of benzene rings is 1. The highest BCUT2D eigenvalue weighted by molar-refractivity contribution is 9.10. The van der Waals surface area contributed by atoms with Crippen LogP contribution in [0.25, 0.3) is 0 Å². The number of halogens is 1. The summed E-state index contributed by atoms with van der Waals surface area (Å²) >= 11 is 3.42. The van der Waals surface area contributed by atoms with Gasteiger partial charge < -0.3 is 5.32 Å². The molecular formula is C13H17BrN2O. The Labute approximate surface area is 110 Å². The lowest BCUT2D eigenvalue weighted by Gasteiger charge is -2.25. The van der Waals surface area contributed by atoms with Crippen LogP contribution < -0.4 is 5.32 Å². The average molecular weight is 297 g/mol. The minimum atomic E-state index is 0.0683. The first kappa shape index (κ1) is 12.6. The van der Waals surface area contributed by atoms with E-state index in [0.717, 1.165) is 23.2 Å². The molecule has 0 atom stereocenters. The number of amides is 1. The molecule has 1 fully saturated rings. The average Bonchev–Trinajstić information content (AvgIpc) is 2.33. The zero-order valence-corrected chi connectivity index (χ0v) is 11.4. The van der Waals surface area contributed by atoms with Crippen molar-refractivity contribution < 1.29 is 4.79 Å². The van der Waals surface area contributed by atoms with Gasteiger partial charge in [-0.15, -0.1) is 0 Å². The summed E-state index contributed by atoms with van der Waals surface area (Å²) in [6.45, 7) is 2.59. The second kappa shape index (κ2) is 6.17. The van der Waals surface area contributed by atoms with E-state index in [9.17, 15) is 4.79 Å². The molecule has 1 amide bonds. The van der Waals surface area contributed by atoms with Gasteiger partial charge in [-0.2, -0.15) is 0 Å². The summed E-state index contributed by atoms with van der Waals surface area (Å²) in [7, 11) is 0. The Kier molecular flexibility index (Phi) is 4.57. The number of nitrogens with one attached hydrogen (secondary N) is 1. The molecule has 2 rings (SSSR count). The second-order valence-electron chi connectivity index (χ2n) is 4.36. The van der Waals surface area contributed by atoms with Crippen LogP contribution in [0.2, 0.25) is 0 Å². The van der Waals surface area contributed by atoms with Gasteiger partial charge in [-0.05, 0) is 54.0 Å². The van der Waals surface area contributed by atoms with Crippen LogP contribution in [0.5, 0.6) is 0 Å². The van der Waals surface area contributed by atoms with Crippen LogP contribution in [-0.4, -0.2) is 30.4 Å². The van der Waals surface area contributed by atoms with Gasteiger partial charge in [0.1, 0.15) is 0 Å². The predicted octanol–water partition coefficient (Wildman–Crippen LogP) is 2.87. The zero-order valence-electron chi connectivity index (χ0n) is 9.79. The number of nitrogens with zero attached hydrogens (tertiary/aromatic N) is 1. The maximum Gasteiger partial charge on any atom is 0.238 e. The molecule has 0 bridgehead atoms. The number of hydrogen-bond acceptors (Lipinski definition) is 2. The van der Waals surface area contributed by atoms with Crippen molar-refractivity contribution in [1.82, 2.24) is 4.90 Å². The molecule has 0 aliphatic carbocycles. The minimum absolute atomic E-state index is 0.0683.